The van der Waals surface area contributed by atoms with Crippen LogP contribution in [-0.2, 0) is 13.1 Å². The van der Waals surface area contributed by atoms with E-state index in [1.165, 1.54) is 0 Å². The molecule has 0 aliphatic carbocycles. The van der Waals surface area contributed by atoms with E-state index in [9.17, 15) is 0 Å². The number of aromatic nitrogens is 2. The maximum Gasteiger partial charge on any atom is 0.0770 e. The minimum atomic E-state index is 0.403. The Bertz CT molecular complexity index is 246. The molecule has 0 spiro atoms. The molecule has 0 unspecified atom stereocenters. The van der Waals surface area contributed by atoms with Gasteiger partial charge in [-0.15, -0.1) is 0 Å². The topological polar surface area (TPSA) is 77.8 Å². The van der Waals surface area contributed by atoms with Crippen molar-refractivity contribution in [2.24, 2.45) is 11.5 Å². The number of nitrogens with zero attached hydrogens (tertiary/aromatic N) is 2. The zero-order valence-electron chi connectivity index (χ0n) is 6.54. The third kappa shape index (κ3) is 1.72. The lowest BCUT2D eigenvalue weighted by Gasteiger charge is -2.02. The van der Waals surface area contributed by atoms with E-state index in [2.05, 4.69) is 9.97 Å². The molecule has 1 rings (SSSR count). The Kier molecular flexibility index (Phi) is 2.51. The van der Waals surface area contributed by atoms with Gasteiger partial charge in [0, 0.05) is 19.3 Å². The molecule has 0 fully saturated rings. The lowest BCUT2D eigenvalue weighted by atomic mass is 10.3. The second kappa shape index (κ2) is 3.41. The Morgan fingerprint density at radius 3 is 2.45 bits per heavy atom. The maximum atomic E-state index is 5.44. The zero-order chi connectivity index (χ0) is 8.27. The predicted octanol–water partition coefficient (Wildman–Crippen LogP) is -0.298. The Morgan fingerprint density at radius 1 is 1.27 bits per heavy atom. The van der Waals surface area contributed by atoms with E-state index in [1.807, 2.05) is 6.92 Å². The summed E-state index contributed by atoms with van der Waals surface area (Å²) in [6.07, 6.45) is 1.70. The van der Waals surface area contributed by atoms with Gasteiger partial charge in [-0.05, 0) is 6.92 Å². The van der Waals surface area contributed by atoms with Crippen LogP contribution in [0.4, 0.5) is 0 Å². The summed E-state index contributed by atoms with van der Waals surface area (Å²) >= 11 is 0. The van der Waals surface area contributed by atoms with Gasteiger partial charge in [-0.2, -0.15) is 0 Å². The summed E-state index contributed by atoms with van der Waals surface area (Å²) in [5.74, 6) is 0. The molecule has 0 saturated heterocycles. The molecule has 0 aromatic carbocycles. The van der Waals surface area contributed by atoms with Gasteiger partial charge in [-0.25, -0.2) is 0 Å². The molecule has 1 aromatic heterocycles. The number of hydrogen-bond acceptors (Lipinski definition) is 4. The molecule has 4 nitrogen and oxygen atoms in total. The van der Waals surface area contributed by atoms with E-state index in [0.717, 1.165) is 17.1 Å². The van der Waals surface area contributed by atoms with Gasteiger partial charge in [-0.3, -0.25) is 9.97 Å². The van der Waals surface area contributed by atoms with Crippen LogP contribution < -0.4 is 11.5 Å². The quantitative estimate of drug-likeness (QED) is 0.610. The highest BCUT2D eigenvalue weighted by Crippen LogP contribution is 2.01. The van der Waals surface area contributed by atoms with Crippen LogP contribution in [0.25, 0.3) is 0 Å². The molecule has 11 heavy (non-hydrogen) atoms. The first-order valence-electron chi connectivity index (χ1n) is 3.49. The van der Waals surface area contributed by atoms with Crippen LogP contribution in [0.2, 0.25) is 0 Å². The highest BCUT2D eigenvalue weighted by molar-refractivity contribution is 5.12. The SMILES string of the molecule is Cc1cnc(CN)c(CN)n1. The molecule has 4 N–H and O–H groups in total. The lowest BCUT2D eigenvalue weighted by Crippen LogP contribution is -2.11. The average Bonchev–Trinajstić information content (AvgIpc) is 2.04. The van der Waals surface area contributed by atoms with Crippen LogP contribution in [-0.4, -0.2) is 9.97 Å². The predicted molar refractivity (Wildman–Crippen MR) is 42.6 cm³/mol. The van der Waals surface area contributed by atoms with E-state index in [0.29, 0.717) is 13.1 Å². The van der Waals surface area contributed by atoms with Crippen molar-refractivity contribution in [1.82, 2.24) is 9.97 Å². The first kappa shape index (κ1) is 8.10. The van der Waals surface area contributed by atoms with Crippen LogP contribution >= 0.6 is 0 Å². The van der Waals surface area contributed by atoms with Gasteiger partial charge in [0.2, 0.25) is 0 Å². The summed E-state index contributed by atoms with van der Waals surface area (Å²) in [4.78, 5) is 8.30. The van der Waals surface area contributed by atoms with Crippen LogP contribution in [0.3, 0.4) is 0 Å². The molecule has 4 heteroatoms. The second-order valence-corrected chi connectivity index (χ2v) is 2.31. The van der Waals surface area contributed by atoms with Crippen molar-refractivity contribution in [2.45, 2.75) is 20.0 Å². The van der Waals surface area contributed by atoms with Gasteiger partial charge >= 0.3 is 0 Å². The summed E-state index contributed by atoms with van der Waals surface area (Å²) in [7, 11) is 0. The molecule has 0 bridgehead atoms. The van der Waals surface area contributed by atoms with Crippen LogP contribution in [0.15, 0.2) is 6.20 Å². The smallest absolute Gasteiger partial charge is 0.0770 e. The van der Waals surface area contributed by atoms with Crippen molar-refractivity contribution in [3.05, 3.63) is 23.3 Å². The molecule has 0 aliphatic heterocycles. The summed E-state index contributed by atoms with van der Waals surface area (Å²) in [5.41, 5.74) is 13.3. The third-order valence-corrected chi connectivity index (χ3v) is 1.44. The maximum absolute atomic E-state index is 5.44. The summed E-state index contributed by atoms with van der Waals surface area (Å²) in [6, 6.07) is 0. The summed E-state index contributed by atoms with van der Waals surface area (Å²) in [5, 5.41) is 0. The fraction of sp³-hybridized carbons (Fsp3) is 0.429. The van der Waals surface area contributed by atoms with E-state index in [-0.39, 0.29) is 0 Å². The molecular weight excluding hydrogens is 140 g/mol. The van der Waals surface area contributed by atoms with Gasteiger partial charge in [-0.1, -0.05) is 0 Å². The number of hydrogen-bond donors (Lipinski definition) is 2. The number of nitrogens with two attached hydrogens (primary N) is 2. The summed E-state index contributed by atoms with van der Waals surface area (Å²) in [6.45, 7) is 2.69. The van der Waals surface area contributed by atoms with Crippen molar-refractivity contribution in [1.29, 1.82) is 0 Å². The molecule has 0 aliphatic rings. The molecule has 0 saturated carbocycles. The normalized spacial score (nSPS) is 10.1. The van der Waals surface area contributed by atoms with E-state index >= 15 is 0 Å². The van der Waals surface area contributed by atoms with Crippen molar-refractivity contribution >= 4 is 0 Å². The monoisotopic (exact) mass is 152 g/mol. The number of rotatable bonds is 2. The highest BCUT2D eigenvalue weighted by Gasteiger charge is 2.01. The van der Waals surface area contributed by atoms with Gasteiger partial charge < -0.3 is 11.5 Å². The van der Waals surface area contributed by atoms with Crippen molar-refractivity contribution < 1.29 is 0 Å². The van der Waals surface area contributed by atoms with E-state index in [1.54, 1.807) is 6.20 Å². The Hall–Kier alpha value is -1.00. The first-order valence-corrected chi connectivity index (χ1v) is 3.49. The summed E-state index contributed by atoms with van der Waals surface area (Å²) < 4.78 is 0. The standard InChI is InChI=1S/C7H12N4/c1-5-4-10-6(2-8)7(3-9)11-5/h4H,2-3,8-9H2,1H3. The van der Waals surface area contributed by atoms with E-state index in [4.69, 9.17) is 11.5 Å². The van der Waals surface area contributed by atoms with Gasteiger partial charge in [0.1, 0.15) is 0 Å². The molecule has 0 amide bonds. The van der Waals surface area contributed by atoms with Crippen LogP contribution in [0, 0.1) is 6.92 Å². The zero-order valence-corrected chi connectivity index (χ0v) is 6.54. The third-order valence-electron chi connectivity index (χ3n) is 1.44. The lowest BCUT2D eigenvalue weighted by molar-refractivity contribution is 0.855. The Morgan fingerprint density at radius 2 is 1.91 bits per heavy atom. The second-order valence-electron chi connectivity index (χ2n) is 2.31. The first-order chi connectivity index (χ1) is 5.27. The fourth-order valence-electron chi connectivity index (χ4n) is 0.886. The van der Waals surface area contributed by atoms with Gasteiger partial charge in [0.15, 0.2) is 0 Å². The van der Waals surface area contributed by atoms with Crippen molar-refractivity contribution in [2.75, 3.05) is 0 Å². The van der Waals surface area contributed by atoms with E-state index < -0.39 is 0 Å². The van der Waals surface area contributed by atoms with Crippen LogP contribution in [0.1, 0.15) is 17.1 Å². The van der Waals surface area contributed by atoms with Crippen molar-refractivity contribution in [3.8, 4) is 0 Å². The molecule has 1 heterocycles. The fourth-order valence-corrected chi connectivity index (χ4v) is 0.886. The van der Waals surface area contributed by atoms with Crippen LogP contribution in [0.5, 0.6) is 0 Å². The highest BCUT2D eigenvalue weighted by atomic mass is 14.9. The molecule has 0 radical (unpaired) electrons. The minimum absolute atomic E-state index is 0.403. The Labute approximate surface area is 65.6 Å². The largest absolute Gasteiger partial charge is 0.325 e. The van der Waals surface area contributed by atoms with Gasteiger partial charge in [0.25, 0.3) is 0 Å². The average molecular weight is 152 g/mol. The van der Waals surface area contributed by atoms with Gasteiger partial charge in [0.05, 0.1) is 17.1 Å². The minimum Gasteiger partial charge on any atom is -0.325 e. The molecule has 1 aromatic rings. The number of aryl methyl sites for hydroxylation is 1. The molecular formula is C7H12N4. The van der Waals surface area contributed by atoms with Crippen molar-refractivity contribution in [3.63, 3.8) is 0 Å². The Balaban J connectivity index is 3.06. The molecule has 0 atom stereocenters. The molecule has 60 valence electrons.